The number of methoxy groups -OCH3 is 1. The molecule has 0 unspecified atom stereocenters. The number of carbonyl (C=O) groups is 1. The fraction of sp³-hybridized carbons (Fsp3) is 0.200. The van der Waals surface area contributed by atoms with Gasteiger partial charge in [-0.3, -0.25) is 4.79 Å². The minimum absolute atomic E-state index is 0.0682. The summed E-state index contributed by atoms with van der Waals surface area (Å²) in [7, 11) is 1.67. The van der Waals surface area contributed by atoms with Gasteiger partial charge in [-0.05, 0) is 48.9 Å². The fourth-order valence-electron chi connectivity index (χ4n) is 3.58. The van der Waals surface area contributed by atoms with E-state index in [1.807, 2.05) is 78.6 Å². The second-order valence-electron chi connectivity index (χ2n) is 7.08. The number of benzene rings is 3. The van der Waals surface area contributed by atoms with Crippen LogP contribution in [0.5, 0.6) is 5.75 Å². The van der Waals surface area contributed by atoms with Gasteiger partial charge in [-0.15, -0.1) is 0 Å². The molecule has 0 aliphatic rings. The molecule has 1 aromatic heterocycles. The Labute approximate surface area is 186 Å². The number of imidazole rings is 1. The Bertz CT molecular complexity index is 1170. The van der Waals surface area contributed by atoms with Crippen molar-refractivity contribution in [2.45, 2.75) is 18.6 Å². The molecule has 1 amide bonds. The van der Waals surface area contributed by atoms with Gasteiger partial charge >= 0.3 is 0 Å². The largest absolute Gasteiger partial charge is 0.497 e. The number of thioether (sulfide) groups is 1. The van der Waals surface area contributed by atoms with Gasteiger partial charge in [0, 0.05) is 12.2 Å². The third-order valence-corrected chi connectivity index (χ3v) is 6.07. The number of carbonyl (C=O) groups excluding carboxylic acids is 1. The molecule has 0 saturated carbocycles. The van der Waals surface area contributed by atoms with Crippen molar-refractivity contribution in [3.05, 3.63) is 84.4 Å². The summed E-state index contributed by atoms with van der Waals surface area (Å²) in [6.45, 7) is 3.28. The topological polar surface area (TPSA) is 47.4 Å². The number of amides is 1. The van der Waals surface area contributed by atoms with E-state index in [4.69, 9.17) is 9.72 Å². The number of anilines is 1. The van der Waals surface area contributed by atoms with E-state index in [9.17, 15) is 4.79 Å². The van der Waals surface area contributed by atoms with Gasteiger partial charge in [0.25, 0.3) is 0 Å². The van der Waals surface area contributed by atoms with Crippen LogP contribution in [0.1, 0.15) is 12.5 Å². The van der Waals surface area contributed by atoms with Crippen molar-refractivity contribution < 1.29 is 9.53 Å². The Morgan fingerprint density at radius 2 is 1.81 bits per heavy atom. The molecule has 3 aromatic carbocycles. The van der Waals surface area contributed by atoms with Crippen molar-refractivity contribution in [3.8, 4) is 5.75 Å². The molecule has 0 radical (unpaired) electrons. The lowest BCUT2D eigenvalue weighted by Crippen LogP contribution is -2.32. The molecule has 0 bridgehead atoms. The Hall–Kier alpha value is -3.25. The first kappa shape index (κ1) is 21.0. The average molecular weight is 432 g/mol. The highest BCUT2D eigenvalue weighted by atomic mass is 32.2. The third kappa shape index (κ3) is 4.75. The zero-order valence-corrected chi connectivity index (χ0v) is 18.5. The molecule has 0 aliphatic carbocycles. The first-order chi connectivity index (χ1) is 15.2. The molecule has 158 valence electrons. The van der Waals surface area contributed by atoms with Crippen LogP contribution in [0.25, 0.3) is 11.0 Å². The summed E-state index contributed by atoms with van der Waals surface area (Å²) in [5.74, 6) is 1.22. The molecule has 1 heterocycles. The first-order valence-electron chi connectivity index (χ1n) is 10.3. The molecular formula is C25H25N3O2S. The highest BCUT2D eigenvalue weighted by Gasteiger charge is 2.17. The molecule has 0 spiro atoms. The van der Waals surface area contributed by atoms with Crippen LogP contribution in [-0.2, 0) is 11.3 Å². The summed E-state index contributed by atoms with van der Waals surface area (Å²) in [6, 6.07) is 25.9. The first-order valence-corrected chi connectivity index (χ1v) is 11.2. The van der Waals surface area contributed by atoms with E-state index >= 15 is 0 Å². The Morgan fingerprint density at radius 1 is 1.03 bits per heavy atom. The second-order valence-corrected chi connectivity index (χ2v) is 8.03. The van der Waals surface area contributed by atoms with Crippen LogP contribution in [0.2, 0.25) is 0 Å². The van der Waals surface area contributed by atoms with Gasteiger partial charge in [0.15, 0.2) is 5.16 Å². The van der Waals surface area contributed by atoms with Crippen molar-refractivity contribution in [2.75, 3.05) is 24.3 Å². The number of nitrogens with zero attached hydrogens (tertiary/aromatic N) is 3. The van der Waals surface area contributed by atoms with Crippen LogP contribution < -0.4 is 9.64 Å². The average Bonchev–Trinajstić information content (AvgIpc) is 3.16. The lowest BCUT2D eigenvalue weighted by atomic mass is 10.2. The summed E-state index contributed by atoms with van der Waals surface area (Å²) in [6.07, 6.45) is 0. The van der Waals surface area contributed by atoms with Crippen molar-refractivity contribution in [1.82, 2.24) is 9.55 Å². The van der Waals surface area contributed by atoms with Crippen LogP contribution in [-0.4, -0.2) is 34.9 Å². The molecule has 31 heavy (non-hydrogen) atoms. The smallest absolute Gasteiger partial charge is 0.237 e. The lowest BCUT2D eigenvalue weighted by Gasteiger charge is -2.20. The predicted molar refractivity (Wildman–Crippen MR) is 127 cm³/mol. The molecule has 0 atom stereocenters. The minimum atomic E-state index is 0.0682. The standard InChI is InChI=1S/C25H25N3O2S/c1-3-27(20-11-5-4-6-12-20)24(29)18-31-25-26-22-14-7-8-15-23(22)28(25)17-19-10-9-13-21(16-19)30-2/h4-16H,3,17-18H2,1-2H3. The molecule has 4 rings (SSSR count). The summed E-state index contributed by atoms with van der Waals surface area (Å²) in [4.78, 5) is 19.6. The Kier molecular flexibility index (Phi) is 6.57. The molecule has 0 saturated heterocycles. The normalized spacial score (nSPS) is 10.9. The van der Waals surface area contributed by atoms with Gasteiger partial charge in [-0.2, -0.15) is 0 Å². The van der Waals surface area contributed by atoms with E-state index in [1.54, 1.807) is 7.11 Å². The molecule has 0 fully saturated rings. The maximum Gasteiger partial charge on any atom is 0.237 e. The molecule has 5 nitrogen and oxygen atoms in total. The van der Waals surface area contributed by atoms with Crippen molar-refractivity contribution in [2.24, 2.45) is 0 Å². The Balaban J connectivity index is 1.58. The molecule has 4 aromatic rings. The number of aromatic nitrogens is 2. The van der Waals surface area contributed by atoms with Gasteiger partial charge in [0.1, 0.15) is 5.75 Å². The Morgan fingerprint density at radius 3 is 2.58 bits per heavy atom. The van der Waals surface area contributed by atoms with Crippen LogP contribution in [0.15, 0.2) is 84.0 Å². The summed E-state index contributed by atoms with van der Waals surface area (Å²) >= 11 is 1.48. The van der Waals surface area contributed by atoms with Gasteiger partial charge < -0.3 is 14.2 Å². The van der Waals surface area contributed by atoms with Crippen molar-refractivity contribution in [1.29, 1.82) is 0 Å². The summed E-state index contributed by atoms with van der Waals surface area (Å²) in [5.41, 5.74) is 4.02. The van der Waals surface area contributed by atoms with Gasteiger partial charge in [0.05, 0.1) is 30.4 Å². The number of hydrogen-bond donors (Lipinski definition) is 0. The van der Waals surface area contributed by atoms with E-state index in [-0.39, 0.29) is 5.91 Å². The fourth-order valence-corrected chi connectivity index (χ4v) is 4.47. The van der Waals surface area contributed by atoms with Gasteiger partial charge in [-0.25, -0.2) is 4.98 Å². The SMILES string of the molecule is CCN(C(=O)CSc1nc2ccccc2n1Cc1cccc(OC)c1)c1ccccc1. The van der Waals surface area contributed by atoms with Crippen molar-refractivity contribution >= 4 is 34.4 Å². The highest BCUT2D eigenvalue weighted by molar-refractivity contribution is 7.99. The van der Waals surface area contributed by atoms with E-state index in [2.05, 4.69) is 16.7 Å². The maximum atomic E-state index is 13.0. The number of para-hydroxylation sites is 3. The second kappa shape index (κ2) is 9.71. The predicted octanol–water partition coefficient (Wildman–Crippen LogP) is 5.24. The number of ether oxygens (including phenoxy) is 1. The lowest BCUT2D eigenvalue weighted by molar-refractivity contribution is -0.116. The quantitative estimate of drug-likeness (QED) is 0.358. The van der Waals surface area contributed by atoms with Crippen LogP contribution in [0, 0.1) is 0 Å². The molecule has 0 aliphatic heterocycles. The van der Waals surface area contributed by atoms with Gasteiger partial charge in [0.2, 0.25) is 5.91 Å². The molecule has 6 heteroatoms. The zero-order chi connectivity index (χ0) is 21.6. The number of fused-ring (bicyclic) bond motifs is 1. The summed E-state index contributed by atoms with van der Waals surface area (Å²) < 4.78 is 7.54. The van der Waals surface area contributed by atoms with Crippen LogP contribution in [0.4, 0.5) is 5.69 Å². The van der Waals surface area contributed by atoms with E-state index in [0.717, 1.165) is 33.2 Å². The van der Waals surface area contributed by atoms with Crippen LogP contribution in [0.3, 0.4) is 0 Å². The zero-order valence-electron chi connectivity index (χ0n) is 17.7. The highest BCUT2D eigenvalue weighted by Crippen LogP contribution is 2.27. The number of hydrogen-bond acceptors (Lipinski definition) is 4. The van der Waals surface area contributed by atoms with E-state index in [1.165, 1.54) is 11.8 Å². The van der Waals surface area contributed by atoms with E-state index < -0.39 is 0 Å². The maximum absolute atomic E-state index is 13.0. The van der Waals surface area contributed by atoms with Crippen molar-refractivity contribution in [3.63, 3.8) is 0 Å². The monoisotopic (exact) mass is 431 g/mol. The molecule has 0 N–H and O–H groups in total. The van der Waals surface area contributed by atoms with Crippen LogP contribution >= 0.6 is 11.8 Å². The third-order valence-electron chi connectivity index (χ3n) is 5.10. The van der Waals surface area contributed by atoms with Gasteiger partial charge in [-0.1, -0.05) is 54.2 Å². The molecular weight excluding hydrogens is 406 g/mol. The van der Waals surface area contributed by atoms with E-state index in [0.29, 0.717) is 18.8 Å². The summed E-state index contributed by atoms with van der Waals surface area (Å²) in [5, 5.41) is 0.835. The number of rotatable bonds is 8. The minimum Gasteiger partial charge on any atom is -0.497 e.